The first-order valence-electron chi connectivity index (χ1n) is 5.07. The second-order valence-corrected chi connectivity index (χ2v) is 3.59. The van der Waals surface area contributed by atoms with Crippen molar-refractivity contribution in [2.24, 2.45) is 0 Å². The van der Waals surface area contributed by atoms with E-state index in [9.17, 15) is 4.79 Å². The van der Waals surface area contributed by atoms with E-state index in [4.69, 9.17) is 4.74 Å². The first-order valence-corrected chi connectivity index (χ1v) is 5.07. The average Bonchev–Trinajstić information content (AvgIpc) is 2.26. The minimum atomic E-state index is -0.517. The fraction of sp³-hybridized carbons (Fsp3) is 0.417. The van der Waals surface area contributed by atoms with Crippen molar-refractivity contribution in [3.05, 3.63) is 35.9 Å². The minimum Gasteiger partial charge on any atom is -0.361 e. The van der Waals surface area contributed by atoms with E-state index in [1.54, 1.807) is 7.05 Å². The Labute approximate surface area is 90.4 Å². The zero-order valence-corrected chi connectivity index (χ0v) is 9.36. The maximum atomic E-state index is 11.6. The van der Waals surface area contributed by atoms with Gasteiger partial charge in [-0.3, -0.25) is 4.79 Å². The van der Waals surface area contributed by atoms with Crippen LogP contribution in [0.4, 0.5) is 0 Å². The predicted octanol–water partition coefficient (Wildman–Crippen LogP) is 1.90. The van der Waals surface area contributed by atoms with Gasteiger partial charge in [0.1, 0.15) is 0 Å². The first kappa shape index (κ1) is 11.7. The molecule has 0 bridgehead atoms. The van der Waals surface area contributed by atoms with Gasteiger partial charge in [-0.2, -0.15) is 0 Å². The molecule has 0 saturated carbocycles. The van der Waals surface area contributed by atoms with Crippen molar-refractivity contribution in [3.63, 3.8) is 0 Å². The predicted molar refractivity (Wildman–Crippen MR) is 59.5 cm³/mol. The molecule has 1 unspecified atom stereocenters. The molecule has 0 aromatic heterocycles. The van der Waals surface area contributed by atoms with Crippen molar-refractivity contribution in [2.45, 2.75) is 26.1 Å². The molecule has 0 spiro atoms. The summed E-state index contributed by atoms with van der Waals surface area (Å²) >= 11 is 0. The second-order valence-electron chi connectivity index (χ2n) is 3.59. The van der Waals surface area contributed by atoms with Crippen molar-refractivity contribution >= 4 is 5.91 Å². The zero-order valence-electron chi connectivity index (χ0n) is 9.36. The molecule has 1 rings (SSSR count). The van der Waals surface area contributed by atoms with Gasteiger partial charge in [-0.15, -0.1) is 0 Å². The maximum Gasteiger partial charge on any atom is 0.253 e. The van der Waals surface area contributed by atoms with Gasteiger partial charge in [0.2, 0.25) is 0 Å². The summed E-state index contributed by atoms with van der Waals surface area (Å²) in [6, 6.07) is 9.49. The van der Waals surface area contributed by atoms with Crippen molar-refractivity contribution in [3.8, 4) is 0 Å². The quantitative estimate of drug-likeness (QED) is 0.819. The monoisotopic (exact) mass is 207 g/mol. The van der Waals surface area contributed by atoms with Gasteiger partial charge >= 0.3 is 0 Å². The lowest BCUT2D eigenvalue weighted by molar-refractivity contribution is -0.135. The summed E-state index contributed by atoms with van der Waals surface area (Å²) in [4.78, 5) is 11.6. The molecule has 0 saturated heterocycles. The molecular formula is C12H17NO2. The molecule has 1 aromatic carbocycles. The molecule has 82 valence electrons. The van der Waals surface area contributed by atoms with E-state index in [1.165, 1.54) is 0 Å². The Morgan fingerprint density at radius 2 is 1.87 bits per heavy atom. The summed E-state index contributed by atoms with van der Waals surface area (Å²) in [5.41, 5.74) is 0.880. The number of nitrogens with one attached hydrogen (secondary N) is 1. The molecule has 1 N–H and O–H groups in total. The van der Waals surface area contributed by atoms with E-state index in [-0.39, 0.29) is 12.0 Å². The standard InChI is InChI=1S/C12H17NO2/c1-9(2)15-11(12(14)13-3)10-7-5-4-6-8-10/h4-9,11H,1-3H3,(H,13,14). The number of ether oxygens (including phenoxy) is 1. The van der Waals surface area contributed by atoms with Gasteiger partial charge in [0.15, 0.2) is 6.10 Å². The van der Waals surface area contributed by atoms with E-state index in [0.717, 1.165) is 5.56 Å². The normalized spacial score (nSPS) is 12.5. The number of carbonyl (C=O) groups is 1. The van der Waals surface area contributed by atoms with Crippen molar-refractivity contribution in [1.82, 2.24) is 5.32 Å². The SMILES string of the molecule is CNC(=O)C(OC(C)C)c1ccccc1. The Morgan fingerprint density at radius 1 is 1.27 bits per heavy atom. The second kappa shape index (κ2) is 5.51. The molecule has 15 heavy (non-hydrogen) atoms. The number of likely N-dealkylation sites (N-methyl/N-ethyl adjacent to an activating group) is 1. The van der Waals surface area contributed by atoms with Crippen molar-refractivity contribution in [1.29, 1.82) is 0 Å². The molecule has 0 aliphatic heterocycles. The van der Waals surface area contributed by atoms with E-state index < -0.39 is 6.10 Å². The van der Waals surface area contributed by atoms with Crippen LogP contribution in [0.1, 0.15) is 25.5 Å². The molecule has 1 aromatic rings. The average molecular weight is 207 g/mol. The number of hydrogen-bond donors (Lipinski definition) is 1. The molecule has 0 aliphatic carbocycles. The highest BCUT2D eigenvalue weighted by molar-refractivity contribution is 5.81. The molecule has 1 amide bonds. The summed E-state index contributed by atoms with van der Waals surface area (Å²) in [6.07, 6.45) is -0.497. The third-order valence-corrected chi connectivity index (χ3v) is 2.00. The van der Waals surface area contributed by atoms with Crippen LogP contribution < -0.4 is 5.32 Å². The molecular weight excluding hydrogens is 190 g/mol. The van der Waals surface area contributed by atoms with Crippen molar-refractivity contribution in [2.75, 3.05) is 7.05 Å². The van der Waals surface area contributed by atoms with E-state index in [0.29, 0.717) is 0 Å². The Hall–Kier alpha value is -1.35. The fourth-order valence-corrected chi connectivity index (χ4v) is 1.32. The Balaban J connectivity index is 2.86. The third kappa shape index (κ3) is 3.36. The first-order chi connectivity index (χ1) is 7.15. The van der Waals surface area contributed by atoms with Gasteiger partial charge in [-0.25, -0.2) is 0 Å². The van der Waals surface area contributed by atoms with Gasteiger partial charge in [0.05, 0.1) is 6.10 Å². The Bertz CT molecular complexity index is 309. The summed E-state index contributed by atoms with van der Waals surface area (Å²) in [5, 5.41) is 2.60. The van der Waals surface area contributed by atoms with Crippen LogP contribution in [0, 0.1) is 0 Å². The minimum absolute atomic E-state index is 0.0208. The fourth-order valence-electron chi connectivity index (χ4n) is 1.32. The highest BCUT2D eigenvalue weighted by Gasteiger charge is 2.20. The lowest BCUT2D eigenvalue weighted by Gasteiger charge is -2.19. The smallest absolute Gasteiger partial charge is 0.253 e. The number of amides is 1. The number of benzene rings is 1. The number of carbonyl (C=O) groups excluding carboxylic acids is 1. The van der Waals surface area contributed by atoms with Crippen LogP contribution in [0.5, 0.6) is 0 Å². The lowest BCUT2D eigenvalue weighted by atomic mass is 10.1. The number of hydrogen-bond acceptors (Lipinski definition) is 2. The lowest BCUT2D eigenvalue weighted by Crippen LogP contribution is -2.29. The summed E-state index contributed by atoms with van der Waals surface area (Å²) in [7, 11) is 1.61. The van der Waals surface area contributed by atoms with Crippen LogP contribution in [0.15, 0.2) is 30.3 Å². The Morgan fingerprint density at radius 3 is 2.33 bits per heavy atom. The van der Waals surface area contributed by atoms with Crippen LogP contribution in [0.25, 0.3) is 0 Å². The topological polar surface area (TPSA) is 38.3 Å². The van der Waals surface area contributed by atoms with Gasteiger partial charge in [-0.05, 0) is 19.4 Å². The molecule has 0 aliphatic rings. The molecule has 3 nitrogen and oxygen atoms in total. The van der Waals surface area contributed by atoms with Crippen LogP contribution >= 0.6 is 0 Å². The van der Waals surface area contributed by atoms with Gasteiger partial charge in [0.25, 0.3) is 5.91 Å². The van der Waals surface area contributed by atoms with E-state index >= 15 is 0 Å². The van der Waals surface area contributed by atoms with Gasteiger partial charge < -0.3 is 10.1 Å². The Kier molecular flexibility index (Phi) is 4.31. The van der Waals surface area contributed by atoms with Crippen LogP contribution in [-0.2, 0) is 9.53 Å². The summed E-state index contributed by atoms with van der Waals surface area (Å²) in [5.74, 6) is -0.116. The third-order valence-electron chi connectivity index (χ3n) is 2.00. The summed E-state index contributed by atoms with van der Waals surface area (Å²) in [6.45, 7) is 3.83. The molecule has 1 atom stereocenters. The van der Waals surface area contributed by atoms with Gasteiger partial charge in [0, 0.05) is 7.05 Å². The highest BCUT2D eigenvalue weighted by Crippen LogP contribution is 2.18. The molecule has 0 fully saturated rings. The number of rotatable bonds is 4. The van der Waals surface area contributed by atoms with Crippen LogP contribution in [0.3, 0.4) is 0 Å². The molecule has 0 radical (unpaired) electrons. The van der Waals surface area contributed by atoms with Crippen molar-refractivity contribution < 1.29 is 9.53 Å². The maximum absolute atomic E-state index is 11.6. The van der Waals surface area contributed by atoms with Crippen LogP contribution in [0.2, 0.25) is 0 Å². The zero-order chi connectivity index (χ0) is 11.3. The van der Waals surface area contributed by atoms with E-state index in [1.807, 2.05) is 44.2 Å². The summed E-state index contributed by atoms with van der Waals surface area (Å²) < 4.78 is 5.58. The van der Waals surface area contributed by atoms with E-state index in [2.05, 4.69) is 5.32 Å². The molecule has 0 heterocycles. The largest absolute Gasteiger partial charge is 0.361 e. The molecule has 3 heteroatoms. The highest BCUT2D eigenvalue weighted by atomic mass is 16.5. The van der Waals surface area contributed by atoms with Crippen LogP contribution in [-0.4, -0.2) is 19.1 Å². The van der Waals surface area contributed by atoms with Gasteiger partial charge in [-0.1, -0.05) is 30.3 Å².